The van der Waals surface area contributed by atoms with E-state index in [9.17, 15) is 0 Å². The molecule has 0 bridgehead atoms. The Morgan fingerprint density at radius 2 is 2.29 bits per heavy atom. The molecule has 1 aromatic carbocycles. The first kappa shape index (κ1) is 11.9. The Hall–Kier alpha value is -1.55. The Balaban J connectivity index is 2.14. The number of nitrogens with zero attached hydrogens (tertiary/aromatic N) is 3. The molecule has 0 fully saturated rings. The zero-order chi connectivity index (χ0) is 12.3. The number of rotatable bonds is 4. The quantitative estimate of drug-likeness (QED) is 0.838. The van der Waals surface area contributed by atoms with E-state index in [2.05, 4.69) is 10.2 Å². The van der Waals surface area contributed by atoms with Crippen LogP contribution in [-0.4, -0.2) is 14.8 Å². The monoisotopic (exact) mass is 251 g/mol. The van der Waals surface area contributed by atoms with Crippen LogP contribution in [-0.2, 0) is 6.54 Å². The van der Waals surface area contributed by atoms with Crippen molar-refractivity contribution in [3.63, 3.8) is 0 Å². The minimum Gasteiger partial charge on any atom is -0.483 e. The molecule has 0 saturated carbocycles. The number of halogens is 1. The first-order chi connectivity index (χ1) is 8.20. The average Bonchev–Trinajstić information content (AvgIpc) is 2.77. The molecule has 1 heterocycles. The minimum absolute atomic E-state index is 0.157. The second kappa shape index (κ2) is 5.19. The summed E-state index contributed by atoms with van der Waals surface area (Å²) in [5.41, 5.74) is 0. The zero-order valence-corrected chi connectivity index (χ0v) is 10.6. The Morgan fingerprint density at radius 1 is 1.47 bits per heavy atom. The Bertz CT molecular complexity index is 498. The summed E-state index contributed by atoms with van der Waals surface area (Å²) in [7, 11) is 0. The van der Waals surface area contributed by atoms with Gasteiger partial charge < -0.3 is 9.30 Å². The van der Waals surface area contributed by atoms with Gasteiger partial charge in [0.2, 0.25) is 0 Å². The predicted molar refractivity (Wildman–Crippen MR) is 66.2 cm³/mol. The fourth-order valence-corrected chi connectivity index (χ4v) is 1.80. The summed E-state index contributed by atoms with van der Waals surface area (Å²) in [6.45, 7) is 4.81. The molecule has 5 heteroatoms. The maximum atomic E-state index is 5.90. The smallest absolute Gasteiger partial charge is 0.173 e. The van der Waals surface area contributed by atoms with E-state index in [0.717, 1.165) is 18.1 Å². The van der Waals surface area contributed by atoms with E-state index >= 15 is 0 Å². The molecule has 0 N–H and O–H groups in total. The molecule has 0 radical (unpaired) electrons. The summed E-state index contributed by atoms with van der Waals surface area (Å²) in [4.78, 5) is 0. The predicted octanol–water partition coefficient (Wildman–Crippen LogP) is 3.09. The van der Waals surface area contributed by atoms with Gasteiger partial charge in [-0.25, -0.2) is 0 Å². The van der Waals surface area contributed by atoms with E-state index in [4.69, 9.17) is 16.3 Å². The third kappa shape index (κ3) is 2.77. The van der Waals surface area contributed by atoms with Crippen molar-refractivity contribution in [3.05, 3.63) is 41.4 Å². The summed E-state index contributed by atoms with van der Waals surface area (Å²) in [5.74, 6) is 1.54. The molecule has 0 spiro atoms. The number of ether oxygens (including phenoxy) is 1. The van der Waals surface area contributed by atoms with E-state index in [-0.39, 0.29) is 6.10 Å². The first-order valence-electron chi connectivity index (χ1n) is 5.50. The first-order valence-corrected chi connectivity index (χ1v) is 5.88. The lowest BCUT2D eigenvalue weighted by Crippen LogP contribution is -2.10. The van der Waals surface area contributed by atoms with Gasteiger partial charge in [0, 0.05) is 11.6 Å². The van der Waals surface area contributed by atoms with Gasteiger partial charge in [0.1, 0.15) is 12.1 Å². The van der Waals surface area contributed by atoms with Crippen molar-refractivity contribution in [2.45, 2.75) is 26.5 Å². The number of aromatic nitrogens is 3. The van der Waals surface area contributed by atoms with Crippen molar-refractivity contribution in [1.82, 2.24) is 14.8 Å². The summed E-state index contributed by atoms with van der Waals surface area (Å²) in [5, 5.41) is 8.60. The molecular weight excluding hydrogens is 238 g/mol. The van der Waals surface area contributed by atoms with Crippen molar-refractivity contribution in [2.75, 3.05) is 0 Å². The van der Waals surface area contributed by atoms with Gasteiger partial charge in [0.15, 0.2) is 11.9 Å². The van der Waals surface area contributed by atoms with Gasteiger partial charge in [-0.3, -0.25) is 0 Å². The minimum atomic E-state index is -0.157. The van der Waals surface area contributed by atoms with Crippen LogP contribution in [0.4, 0.5) is 0 Å². The standard InChI is InChI=1S/C12H14ClN3O/c1-3-16-8-14-15-12(16)9(2)17-11-6-4-5-10(13)7-11/h4-9H,3H2,1-2H3. The van der Waals surface area contributed by atoms with Gasteiger partial charge in [-0.15, -0.1) is 10.2 Å². The second-order valence-corrected chi connectivity index (χ2v) is 4.13. The molecule has 1 unspecified atom stereocenters. The highest BCUT2D eigenvalue weighted by atomic mass is 35.5. The number of hydrogen-bond acceptors (Lipinski definition) is 3. The van der Waals surface area contributed by atoms with Crippen molar-refractivity contribution in [2.24, 2.45) is 0 Å². The van der Waals surface area contributed by atoms with Crippen LogP contribution >= 0.6 is 11.6 Å². The third-order valence-corrected chi connectivity index (χ3v) is 2.69. The van der Waals surface area contributed by atoms with Gasteiger partial charge in [-0.2, -0.15) is 0 Å². The number of benzene rings is 1. The third-order valence-electron chi connectivity index (χ3n) is 2.46. The highest BCUT2D eigenvalue weighted by Gasteiger charge is 2.14. The fourth-order valence-electron chi connectivity index (χ4n) is 1.62. The van der Waals surface area contributed by atoms with Gasteiger partial charge in [-0.05, 0) is 32.0 Å². The summed E-state index contributed by atoms with van der Waals surface area (Å²) >= 11 is 5.90. The molecule has 0 amide bonds. The highest BCUT2D eigenvalue weighted by Crippen LogP contribution is 2.23. The molecule has 0 aliphatic rings. The van der Waals surface area contributed by atoms with Crippen molar-refractivity contribution >= 4 is 11.6 Å². The highest BCUT2D eigenvalue weighted by molar-refractivity contribution is 6.30. The van der Waals surface area contributed by atoms with Crippen LogP contribution in [0.5, 0.6) is 5.75 Å². The molecule has 1 atom stereocenters. The van der Waals surface area contributed by atoms with Crippen LogP contribution in [0.25, 0.3) is 0 Å². The van der Waals surface area contributed by atoms with Crippen molar-refractivity contribution in [1.29, 1.82) is 0 Å². The topological polar surface area (TPSA) is 39.9 Å². The van der Waals surface area contributed by atoms with Gasteiger partial charge in [-0.1, -0.05) is 17.7 Å². The van der Waals surface area contributed by atoms with Gasteiger partial charge in [0.05, 0.1) is 0 Å². The maximum Gasteiger partial charge on any atom is 0.173 e. The summed E-state index contributed by atoms with van der Waals surface area (Å²) in [6.07, 6.45) is 1.54. The molecule has 0 saturated heterocycles. The molecule has 17 heavy (non-hydrogen) atoms. The van der Waals surface area contributed by atoms with E-state index < -0.39 is 0 Å². The molecule has 4 nitrogen and oxygen atoms in total. The van der Waals surface area contributed by atoms with Crippen molar-refractivity contribution < 1.29 is 4.74 Å². The normalized spacial score (nSPS) is 12.4. The largest absolute Gasteiger partial charge is 0.483 e. The van der Waals surface area contributed by atoms with E-state index in [0.29, 0.717) is 5.02 Å². The lowest BCUT2D eigenvalue weighted by atomic mass is 10.3. The molecule has 0 aliphatic heterocycles. The van der Waals surface area contributed by atoms with Crippen LogP contribution in [0.3, 0.4) is 0 Å². The molecule has 2 rings (SSSR count). The average molecular weight is 252 g/mol. The second-order valence-electron chi connectivity index (χ2n) is 3.69. The van der Waals surface area contributed by atoms with Crippen LogP contribution in [0.1, 0.15) is 25.8 Å². The lowest BCUT2D eigenvalue weighted by molar-refractivity contribution is 0.211. The number of hydrogen-bond donors (Lipinski definition) is 0. The van der Waals surface area contributed by atoms with Crippen LogP contribution in [0.2, 0.25) is 5.02 Å². The number of aryl methyl sites for hydroxylation is 1. The van der Waals surface area contributed by atoms with Gasteiger partial charge in [0.25, 0.3) is 0 Å². The SMILES string of the molecule is CCn1cnnc1C(C)Oc1cccc(Cl)c1. The molecule has 1 aromatic heterocycles. The Labute approximate surface area is 105 Å². The summed E-state index contributed by atoms with van der Waals surface area (Å²) in [6, 6.07) is 7.32. The lowest BCUT2D eigenvalue weighted by Gasteiger charge is -2.14. The van der Waals surface area contributed by atoms with E-state index in [1.807, 2.05) is 36.6 Å². The van der Waals surface area contributed by atoms with Crippen LogP contribution in [0.15, 0.2) is 30.6 Å². The van der Waals surface area contributed by atoms with Crippen LogP contribution in [0, 0.1) is 0 Å². The molecule has 90 valence electrons. The summed E-state index contributed by atoms with van der Waals surface area (Å²) < 4.78 is 7.73. The Kier molecular flexibility index (Phi) is 3.64. The van der Waals surface area contributed by atoms with Crippen molar-refractivity contribution in [3.8, 4) is 5.75 Å². The fraction of sp³-hybridized carbons (Fsp3) is 0.333. The molecule has 0 aliphatic carbocycles. The van der Waals surface area contributed by atoms with E-state index in [1.165, 1.54) is 0 Å². The maximum absolute atomic E-state index is 5.90. The van der Waals surface area contributed by atoms with Gasteiger partial charge >= 0.3 is 0 Å². The van der Waals surface area contributed by atoms with Crippen LogP contribution < -0.4 is 4.74 Å². The van der Waals surface area contributed by atoms with E-state index in [1.54, 1.807) is 12.4 Å². The molecule has 2 aromatic rings. The zero-order valence-electron chi connectivity index (χ0n) is 9.80. The Morgan fingerprint density at radius 3 is 3.00 bits per heavy atom. The molecular formula is C12H14ClN3O.